The number of hydrogen-bond donors (Lipinski definition) is 1. The highest BCUT2D eigenvalue weighted by Crippen LogP contribution is 2.28. The SMILES string of the molecule is Cc1cccc(NC(=O)COC(=O)c2ccc(Cl)c(S(=O)(=O)N3CC(C)OC(C)C3)c2)c1. The van der Waals surface area contributed by atoms with E-state index in [1.54, 1.807) is 32.0 Å². The van der Waals surface area contributed by atoms with Crippen LogP contribution in [-0.2, 0) is 24.3 Å². The molecule has 10 heteroatoms. The quantitative estimate of drug-likeness (QED) is 0.637. The molecule has 2 unspecified atom stereocenters. The summed E-state index contributed by atoms with van der Waals surface area (Å²) in [7, 11) is -3.96. The van der Waals surface area contributed by atoms with Gasteiger partial charge in [0, 0.05) is 18.8 Å². The number of carbonyl (C=O) groups is 2. The van der Waals surface area contributed by atoms with Crippen molar-refractivity contribution < 1.29 is 27.5 Å². The van der Waals surface area contributed by atoms with E-state index in [2.05, 4.69) is 5.32 Å². The Labute approximate surface area is 192 Å². The summed E-state index contributed by atoms with van der Waals surface area (Å²) in [5.41, 5.74) is 1.53. The average molecular weight is 481 g/mol. The Morgan fingerprint density at radius 1 is 1.16 bits per heavy atom. The van der Waals surface area contributed by atoms with Gasteiger partial charge in [-0.1, -0.05) is 23.7 Å². The number of hydrogen-bond acceptors (Lipinski definition) is 6. The maximum atomic E-state index is 13.1. The van der Waals surface area contributed by atoms with Crippen LogP contribution in [0.15, 0.2) is 47.4 Å². The maximum Gasteiger partial charge on any atom is 0.338 e. The largest absolute Gasteiger partial charge is 0.452 e. The van der Waals surface area contributed by atoms with Crippen LogP contribution in [0.5, 0.6) is 0 Å². The third kappa shape index (κ3) is 5.86. The Hall–Kier alpha value is -2.46. The molecule has 0 aliphatic carbocycles. The molecule has 2 atom stereocenters. The molecule has 2 aromatic carbocycles. The van der Waals surface area contributed by atoms with Crippen LogP contribution in [0.1, 0.15) is 29.8 Å². The van der Waals surface area contributed by atoms with Crippen molar-refractivity contribution in [3.05, 3.63) is 58.6 Å². The van der Waals surface area contributed by atoms with Gasteiger partial charge in [0.1, 0.15) is 4.90 Å². The Balaban J connectivity index is 1.70. The van der Waals surface area contributed by atoms with E-state index in [1.807, 2.05) is 13.0 Å². The Morgan fingerprint density at radius 3 is 2.50 bits per heavy atom. The van der Waals surface area contributed by atoms with Crippen LogP contribution in [-0.4, -0.2) is 56.5 Å². The van der Waals surface area contributed by atoms with Gasteiger partial charge in [-0.15, -0.1) is 0 Å². The van der Waals surface area contributed by atoms with Crippen LogP contribution in [0.3, 0.4) is 0 Å². The summed E-state index contributed by atoms with van der Waals surface area (Å²) >= 11 is 6.15. The number of amides is 1. The van der Waals surface area contributed by atoms with Gasteiger partial charge >= 0.3 is 5.97 Å². The van der Waals surface area contributed by atoms with Crippen LogP contribution >= 0.6 is 11.6 Å². The molecule has 0 aromatic heterocycles. The summed E-state index contributed by atoms with van der Waals surface area (Å²) in [6, 6.07) is 11.0. The maximum absolute atomic E-state index is 13.1. The number of rotatable bonds is 6. The number of sulfonamides is 1. The van der Waals surface area contributed by atoms with Gasteiger partial charge < -0.3 is 14.8 Å². The van der Waals surface area contributed by atoms with E-state index in [0.717, 1.165) is 5.56 Å². The number of aryl methyl sites for hydroxylation is 1. The predicted molar refractivity (Wildman–Crippen MR) is 120 cm³/mol. The van der Waals surface area contributed by atoms with E-state index < -0.39 is 28.5 Å². The minimum Gasteiger partial charge on any atom is -0.452 e. The number of nitrogens with zero attached hydrogens (tertiary/aromatic N) is 1. The first-order chi connectivity index (χ1) is 15.1. The first-order valence-electron chi connectivity index (χ1n) is 10.0. The molecule has 1 heterocycles. The summed E-state index contributed by atoms with van der Waals surface area (Å²) in [5.74, 6) is -1.34. The van der Waals surface area contributed by atoms with Crippen LogP contribution in [0, 0.1) is 6.92 Å². The minimum atomic E-state index is -3.96. The van der Waals surface area contributed by atoms with Crippen molar-refractivity contribution in [3.8, 4) is 0 Å². The summed E-state index contributed by atoms with van der Waals surface area (Å²) in [4.78, 5) is 24.3. The smallest absolute Gasteiger partial charge is 0.338 e. The van der Waals surface area contributed by atoms with Gasteiger partial charge in [-0.05, 0) is 56.7 Å². The molecule has 1 N–H and O–H groups in total. The van der Waals surface area contributed by atoms with Gasteiger partial charge in [0.25, 0.3) is 5.91 Å². The summed E-state index contributed by atoms with van der Waals surface area (Å²) in [6.45, 7) is 5.30. The van der Waals surface area contributed by atoms with Gasteiger partial charge in [0.05, 0.1) is 22.8 Å². The number of anilines is 1. The second-order valence-corrected chi connectivity index (χ2v) is 10.0. The molecular weight excluding hydrogens is 456 g/mol. The molecular formula is C22H25ClN2O6S. The normalized spacial score (nSPS) is 19.4. The number of halogens is 1. The van der Waals surface area contributed by atoms with Gasteiger partial charge in [0.2, 0.25) is 10.0 Å². The molecule has 172 valence electrons. The first-order valence-corrected chi connectivity index (χ1v) is 11.9. The zero-order valence-electron chi connectivity index (χ0n) is 18.0. The van der Waals surface area contributed by atoms with Gasteiger partial charge in [-0.2, -0.15) is 4.31 Å². The van der Waals surface area contributed by atoms with Crippen LogP contribution in [0.25, 0.3) is 0 Å². The summed E-state index contributed by atoms with van der Waals surface area (Å²) in [6.07, 6.45) is -0.542. The summed E-state index contributed by atoms with van der Waals surface area (Å²) in [5, 5.41) is 2.63. The number of nitrogens with one attached hydrogen (secondary N) is 1. The number of esters is 1. The molecule has 1 saturated heterocycles. The van der Waals surface area contributed by atoms with Crippen molar-refractivity contribution in [1.82, 2.24) is 4.31 Å². The second-order valence-electron chi connectivity index (χ2n) is 7.72. The fourth-order valence-electron chi connectivity index (χ4n) is 3.43. The molecule has 0 bridgehead atoms. The monoisotopic (exact) mass is 480 g/mol. The summed E-state index contributed by atoms with van der Waals surface area (Å²) < 4.78 is 38.2. The van der Waals surface area contributed by atoms with Crippen LogP contribution in [0.2, 0.25) is 5.02 Å². The number of morpholine rings is 1. The lowest BCUT2D eigenvalue weighted by Crippen LogP contribution is -2.48. The highest BCUT2D eigenvalue weighted by molar-refractivity contribution is 7.89. The predicted octanol–water partition coefficient (Wildman–Crippen LogP) is 3.24. The van der Waals surface area contributed by atoms with E-state index in [-0.39, 0.29) is 40.8 Å². The molecule has 32 heavy (non-hydrogen) atoms. The Bertz CT molecular complexity index is 1110. The van der Waals surface area contributed by atoms with Crippen LogP contribution < -0.4 is 5.32 Å². The topological polar surface area (TPSA) is 102 Å². The molecule has 1 amide bonds. The molecule has 0 radical (unpaired) electrons. The van der Waals surface area contributed by atoms with E-state index in [4.69, 9.17) is 21.1 Å². The standard InChI is InChI=1S/C22H25ClN2O6S/c1-14-5-4-6-18(9-14)24-21(26)13-30-22(27)17-7-8-19(23)20(10-17)32(28,29)25-11-15(2)31-16(3)12-25/h4-10,15-16H,11-13H2,1-3H3,(H,24,26). The minimum absolute atomic E-state index is 0.00876. The Morgan fingerprint density at radius 2 is 1.84 bits per heavy atom. The van der Waals surface area contributed by atoms with Crippen molar-refractivity contribution in [2.45, 2.75) is 37.9 Å². The lowest BCUT2D eigenvalue weighted by Gasteiger charge is -2.34. The average Bonchev–Trinajstić information content (AvgIpc) is 2.71. The molecule has 1 fully saturated rings. The van der Waals surface area contributed by atoms with E-state index in [9.17, 15) is 18.0 Å². The number of ether oxygens (including phenoxy) is 2. The van der Waals surface area contributed by atoms with Crippen molar-refractivity contribution in [2.24, 2.45) is 0 Å². The van der Waals surface area contributed by atoms with E-state index in [0.29, 0.717) is 5.69 Å². The van der Waals surface area contributed by atoms with E-state index >= 15 is 0 Å². The van der Waals surface area contributed by atoms with Crippen LogP contribution in [0.4, 0.5) is 5.69 Å². The molecule has 0 saturated carbocycles. The lowest BCUT2D eigenvalue weighted by molar-refractivity contribution is -0.119. The fourth-order valence-corrected chi connectivity index (χ4v) is 5.52. The highest BCUT2D eigenvalue weighted by atomic mass is 35.5. The van der Waals surface area contributed by atoms with Crippen molar-refractivity contribution in [3.63, 3.8) is 0 Å². The molecule has 2 aromatic rings. The number of carbonyl (C=O) groups excluding carboxylic acids is 2. The fraction of sp³-hybridized carbons (Fsp3) is 0.364. The molecule has 1 aliphatic rings. The third-order valence-electron chi connectivity index (χ3n) is 4.81. The zero-order chi connectivity index (χ0) is 23.5. The van der Waals surface area contributed by atoms with Gasteiger partial charge in [-0.25, -0.2) is 13.2 Å². The molecule has 1 aliphatic heterocycles. The molecule has 8 nitrogen and oxygen atoms in total. The van der Waals surface area contributed by atoms with Crippen molar-refractivity contribution in [2.75, 3.05) is 25.0 Å². The Kier molecular flexibility index (Phi) is 7.55. The highest BCUT2D eigenvalue weighted by Gasteiger charge is 2.34. The van der Waals surface area contributed by atoms with Crippen molar-refractivity contribution in [1.29, 1.82) is 0 Å². The zero-order valence-corrected chi connectivity index (χ0v) is 19.6. The second kappa shape index (κ2) is 9.99. The van der Waals surface area contributed by atoms with E-state index in [1.165, 1.54) is 22.5 Å². The first kappa shape index (κ1) is 24.2. The molecule has 0 spiro atoms. The molecule has 3 rings (SSSR count). The lowest BCUT2D eigenvalue weighted by atomic mass is 10.2. The van der Waals surface area contributed by atoms with Gasteiger partial charge in [0.15, 0.2) is 6.61 Å². The number of benzene rings is 2. The van der Waals surface area contributed by atoms with Gasteiger partial charge in [-0.3, -0.25) is 4.79 Å². The van der Waals surface area contributed by atoms with Crippen molar-refractivity contribution >= 4 is 39.2 Å². The third-order valence-corrected chi connectivity index (χ3v) is 7.12.